The van der Waals surface area contributed by atoms with Gasteiger partial charge in [0.2, 0.25) is 0 Å². The number of ether oxygens (including phenoxy) is 4. The van der Waals surface area contributed by atoms with Crippen LogP contribution in [0.1, 0.15) is 93.4 Å². The van der Waals surface area contributed by atoms with E-state index in [1.165, 1.54) is 0 Å². The van der Waals surface area contributed by atoms with Crippen LogP contribution in [0.15, 0.2) is 0 Å². The van der Waals surface area contributed by atoms with Crippen molar-refractivity contribution in [2.45, 2.75) is 160 Å². The fourth-order valence-corrected chi connectivity index (χ4v) is 14.1. The molecule has 18 atom stereocenters. The zero-order chi connectivity index (χ0) is 32.5. The number of rotatable bonds is 3. The van der Waals surface area contributed by atoms with E-state index in [1.807, 2.05) is 13.8 Å². The Labute approximate surface area is 266 Å². The summed E-state index contributed by atoms with van der Waals surface area (Å²) in [5.74, 6) is -0.684. The molecule has 3 heterocycles. The SMILES string of the molecule is CC1CC2OC3(CC4(C)C5C(O)C(O)C6C(C)(C)C(OC7OCC(O)C(O)C7O)CCC67CC57CCC4(C)C13)OC2C(C)(C)O. The maximum atomic E-state index is 12.4. The molecule has 5 aliphatic carbocycles. The van der Waals surface area contributed by atoms with E-state index in [0.717, 1.165) is 32.1 Å². The molecule has 3 spiro atoms. The van der Waals surface area contributed by atoms with Crippen LogP contribution >= 0.6 is 0 Å². The van der Waals surface area contributed by atoms with Gasteiger partial charge < -0.3 is 49.6 Å². The molecule has 3 aliphatic heterocycles. The summed E-state index contributed by atoms with van der Waals surface area (Å²) in [6.45, 7) is 14.7. The van der Waals surface area contributed by atoms with E-state index in [0.29, 0.717) is 18.8 Å². The van der Waals surface area contributed by atoms with Crippen LogP contribution in [-0.4, -0.2) is 104 Å². The van der Waals surface area contributed by atoms with Gasteiger partial charge in [0, 0.05) is 18.3 Å². The standard InChI is InChI=1S/C35H56O10/c1-16-12-18-27(30(4,5)41)45-35(44-18)14-32(7)26-22(39)21(38)25-29(2,3)19(43-28-23(40)20(37)17(36)13-42-28)8-9-33(25)15-34(26,33)11-10-31(32,6)24(16)35/h16-28,36-41H,8-15H2,1-7H3. The van der Waals surface area contributed by atoms with Gasteiger partial charge in [-0.1, -0.05) is 34.6 Å². The molecule has 18 unspecified atom stereocenters. The number of aliphatic hydroxyl groups is 6. The molecule has 5 saturated carbocycles. The first kappa shape index (κ1) is 31.8. The molecule has 0 aromatic heterocycles. The number of aliphatic hydroxyl groups excluding tert-OH is 5. The molecule has 8 fully saturated rings. The van der Waals surface area contributed by atoms with Gasteiger partial charge >= 0.3 is 0 Å². The summed E-state index contributed by atoms with van der Waals surface area (Å²) in [5, 5.41) is 66.5. The van der Waals surface area contributed by atoms with E-state index in [2.05, 4.69) is 34.6 Å². The van der Waals surface area contributed by atoms with Crippen LogP contribution in [0.25, 0.3) is 0 Å². The lowest BCUT2D eigenvalue weighted by atomic mass is 9.40. The highest BCUT2D eigenvalue weighted by Gasteiger charge is 2.88. The Kier molecular flexibility index (Phi) is 6.53. The van der Waals surface area contributed by atoms with Crippen molar-refractivity contribution in [2.24, 2.45) is 50.7 Å². The first-order valence-corrected chi connectivity index (χ1v) is 17.6. The fraction of sp³-hybridized carbons (Fsp3) is 1.00. The number of hydrogen-bond donors (Lipinski definition) is 6. The molecule has 8 rings (SSSR count). The van der Waals surface area contributed by atoms with Gasteiger partial charge in [0.05, 0.1) is 36.6 Å². The molecule has 10 nitrogen and oxygen atoms in total. The van der Waals surface area contributed by atoms with Gasteiger partial charge in [0.1, 0.15) is 24.4 Å². The second-order valence-electron chi connectivity index (χ2n) is 18.5. The zero-order valence-corrected chi connectivity index (χ0v) is 28.0. The molecule has 45 heavy (non-hydrogen) atoms. The first-order chi connectivity index (χ1) is 20.8. The Balaban J connectivity index is 1.12. The summed E-state index contributed by atoms with van der Waals surface area (Å²) in [7, 11) is 0. The van der Waals surface area contributed by atoms with E-state index < -0.39 is 59.7 Å². The average Bonchev–Trinajstić information content (AvgIpc) is 3.37. The Bertz CT molecular complexity index is 1240. The van der Waals surface area contributed by atoms with Crippen LogP contribution in [0, 0.1) is 50.7 Å². The molecular formula is C35H56O10. The Morgan fingerprint density at radius 1 is 0.756 bits per heavy atom. The summed E-state index contributed by atoms with van der Waals surface area (Å²) in [6, 6.07) is 0. The molecular weight excluding hydrogens is 580 g/mol. The van der Waals surface area contributed by atoms with Crippen LogP contribution in [-0.2, 0) is 18.9 Å². The third kappa shape index (κ3) is 3.66. The predicted molar refractivity (Wildman–Crippen MR) is 160 cm³/mol. The van der Waals surface area contributed by atoms with Gasteiger partial charge in [-0.25, -0.2) is 0 Å². The van der Waals surface area contributed by atoms with Gasteiger partial charge in [-0.15, -0.1) is 0 Å². The number of hydrogen-bond acceptors (Lipinski definition) is 10. The van der Waals surface area contributed by atoms with Crippen molar-refractivity contribution in [1.29, 1.82) is 0 Å². The lowest BCUT2D eigenvalue weighted by molar-refractivity contribution is -0.311. The van der Waals surface area contributed by atoms with Gasteiger partial charge in [-0.05, 0) is 91.3 Å². The van der Waals surface area contributed by atoms with Crippen molar-refractivity contribution >= 4 is 0 Å². The predicted octanol–water partition coefficient (Wildman–Crippen LogP) is 2.09. The van der Waals surface area contributed by atoms with Crippen molar-refractivity contribution < 1.29 is 49.6 Å². The smallest absolute Gasteiger partial charge is 0.186 e. The Hall–Kier alpha value is -0.400. The van der Waals surface area contributed by atoms with Crippen molar-refractivity contribution in [3.8, 4) is 0 Å². The maximum Gasteiger partial charge on any atom is 0.186 e. The molecule has 0 aromatic rings. The third-order valence-electron chi connectivity index (χ3n) is 15.7. The largest absolute Gasteiger partial charge is 0.390 e. The molecule has 2 bridgehead atoms. The minimum Gasteiger partial charge on any atom is -0.390 e. The summed E-state index contributed by atoms with van der Waals surface area (Å²) in [6.07, 6.45) is -1.84. The lowest BCUT2D eigenvalue weighted by Gasteiger charge is -2.65. The normalized spacial score (nSPS) is 62.7. The molecule has 8 aliphatic rings. The highest BCUT2D eigenvalue weighted by molar-refractivity contribution is 5.35. The maximum absolute atomic E-state index is 12.4. The molecule has 10 heteroatoms. The van der Waals surface area contributed by atoms with Gasteiger partial charge in [-0.3, -0.25) is 0 Å². The molecule has 0 amide bonds. The van der Waals surface area contributed by atoms with Gasteiger partial charge in [-0.2, -0.15) is 0 Å². The lowest BCUT2D eigenvalue weighted by Crippen LogP contribution is -2.67. The Morgan fingerprint density at radius 3 is 2.11 bits per heavy atom. The molecule has 3 saturated heterocycles. The van der Waals surface area contributed by atoms with E-state index in [9.17, 15) is 30.6 Å². The van der Waals surface area contributed by atoms with Crippen LogP contribution in [0.3, 0.4) is 0 Å². The second-order valence-corrected chi connectivity index (χ2v) is 18.5. The quantitative estimate of drug-likeness (QED) is 0.254. The minimum atomic E-state index is -1.38. The van der Waals surface area contributed by atoms with Crippen LogP contribution in [0.4, 0.5) is 0 Å². The van der Waals surface area contributed by atoms with Crippen LogP contribution in [0.2, 0.25) is 0 Å². The van der Waals surface area contributed by atoms with Crippen LogP contribution in [0.5, 0.6) is 0 Å². The van der Waals surface area contributed by atoms with Crippen molar-refractivity contribution in [3.63, 3.8) is 0 Å². The molecule has 256 valence electrons. The first-order valence-electron chi connectivity index (χ1n) is 17.6. The molecule has 0 radical (unpaired) electrons. The highest BCUT2D eigenvalue weighted by atomic mass is 16.8. The summed E-state index contributed by atoms with van der Waals surface area (Å²) >= 11 is 0. The average molecular weight is 637 g/mol. The summed E-state index contributed by atoms with van der Waals surface area (Å²) in [4.78, 5) is 0. The van der Waals surface area contributed by atoms with Gasteiger partial charge in [0.15, 0.2) is 12.1 Å². The van der Waals surface area contributed by atoms with Crippen LogP contribution < -0.4 is 0 Å². The number of fused-ring (bicyclic) bond motifs is 4. The van der Waals surface area contributed by atoms with Crippen molar-refractivity contribution in [3.05, 3.63) is 0 Å². The summed E-state index contributed by atoms with van der Waals surface area (Å²) < 4.78 is 25.7. The summed E-state index contributed by atoms with van der Waals surface area (Å²) in [5.41, 5.74) is -2.36. The highest BCUT2D eigenvalue weighted by Crippen LogP contribution is 2.90. The van der Waals surface area contributed by atoms with Crippen molar-refractivity contribution in [2.75, 3.05) is 6.61 Å². The third-order valence-corrected chi connectivity index (χ3v) is 15.7. The molecule has 0 aromatic carbocycles. The zero-order valence-electron chi connectivity index (χ0n) is 28.0. The monoisotopic (exact) mass is 636 g/mol. The topological polar surface area (TPSA) is 158 Å². The van der Waals surface area contributed by atoms with Gasteiger partial charge in [0.25, 0.3) is 0 Å². The van der Waals surface area contributed by atoms with E-state index in [1.54, 1.807) is 0 Å². The minimum absolute atomic E-state index is 0.116. The Morgan fingerprint density at radius 2 is 1.42 bits per heavy atom. The van der Waals surface area contributed by atoms with E-state index >= 15 is 0 Å². The van der Waals surface area contributed by atoms with E-state index in [-0.39, 0.29) is 58.2 Å². The van der Waals surface area contributed by atoms with E-state index in [4.69, 9.17) is 18.9 Å². The molecule has 6 N–H and O–H groups in total. The fourth-order valence-electron chi connectivity index (χ4n) is 14.1. The van der Waals surface area contributed by atoms with Crippen molar-refractivity contribution in [1.82, 2.24) is 0 Å². The second kappa shape index (κ2) is 9.23.